The van der Waals surface area contributed by atoms with Gasteiger partial charge in [0.05, 0.1) is 13.8 Å². The maximum Gasteiger partial charge on any atom is 0.181 e. The van der Waals surface area contributed by atoms with Crippen molar-refractivity contribution in [3.8, 4) is 5.75 Å². The molecule has 0 atom stereocenters. The van der Waals surface area contributed by atoms with Gasteiger partial charge in [0, 0.05) is 24.5 Å². The number of benzene rings is 1. The van der Waals surface area contributed by atoms with E-state index in [2.05, 4.69) is 30.2 Å². The Hall–Kier alpha value is -1.66. The first kappa shape index (κ1) is 17.7. The molecule has 0 fully saturated rings. The fraction of sp³-hybridized carbons (Fsp3) is 0.471. The predicted molar refractivity (Wildman–Crippen MR) is 92.7 cm³/mol. The molecule has 126 valence electrons. The second kappa shape index (κ2) is 6.84. The van der Waals surface area contributed by atoms with Gasteiger partial charge in [0.2, 0.25) is 0 Å². The second-order valence-electron chi connectivity index (χ2n) is 6.72. The van der Waals surface area contributed by atoms with E-state index in [0.717, 1.165) is 10.3 Å². The Bertz CT molecular complexity index is 730. The number of aromatic nitrogens is 2. The molecule has 2 rings (SSSR count). The van der Waals surface area contributed by atoms with Gasteiger partial charge < -0.3 is 13.9 Å². The van der Waals surface area contributed by atoms with Crippen molar-refractivity contribution in [3.05, 3.63) is 46.7 Å². The Balaban J connectivity index is 2.08. The summed E-state index contributed by atoms with van der Waals surface area (Å²) in [6.45, 7) is 7.64. The maximum absolute atomic E-state index is 13.8. The van der Waals surface area contributed by atoms with Crippen molar-refractivity contribution in [2.75, 3.05) is 14.2 Å². The zero-order chi connectivity index (χ0) is 17.2. The molecule has 0 unspecified atom stereocenters. The zero-order valence-electron chi connectivity index (χ0n) is 14.3. The van der Waals surface area contributed by atoms with E-state index in [0.29, 0.717) is 13.2 Å². The minimum atomic E-state index is -0.339. The third-order valence-electron chi connectivity index (χ3n) is 3.63. The number of imidazole rings is 1. The van der Waals surface area contributed by atoms with E-state index >= 15 is 0 Å². The van der Waals surface area contributed by atoms with Gasteiger partial charge in [0.1, 0.15) is 0 Å². The van der Waals surface area contributed by atoms with E-state index in [1.165, 1.54) is 13.2 Å². The number of rotatable bonds is 5. The van der Waals surface area contributed by atoms with Crippen LogP contribution >= 0.6 is 12.2 Å². The van der Waals surface area contributed by atoms with Crippen LogP contribution < -0.4 is 4.74 Å². The molecule has 1 aromatic heterocycles. The van der Waals surface area contributed by atoms with Crippen molar-refractivity contribution in [1.29, 1.82) is 0 Å². The first-order valence-corrected chi connectivity index (χ1v) is 7.92. The third-order valence-corrected chi connectivity index (χ3v) is 4.06. The lowest BCUT2D eigenvalue weighted by Crippen LogP contribution is -2.24. The van der Waals surface area contributed by atoms with E-state index in [1.807, 2.05) is 30.1 Å². The summed E-state index contributed by atoms with van der Waals surface area (Å²) in [6.07, 6.45) is 3.99. The smallest absolute Gasteiger partial charge is 0.181 e. The molecule has 6 heteroatoms. The van der Waals surface area contributed by atoms with E-state index in [4.69, 9.17) is 17.0 Å². The quantitative estimate of drug-likeness (QED) is 0.770. The van der Waals surface area contributed by atoms with Gasteiger partial charge in [-0.2, -0.15) is 0 Å². The van der Waals surface area contributed by atoms with Crippen molar-refractivity contribution in [2.45, 2.75) is 39.5 Å². The molecule has 2 aromatic rings. The summed E-state index contributed by atoms with van der Waals surface area (Å²) < 4.78 is 23.6. The Morgan fingerprint density at radius 2 is 1.96 bits per heavy atom. The van der Waals surface area contributed by atoms with Gasteiger partial charge in [0.15, 0.2) is 16.3 Å². The van der Waals surface area contributed by atoms with Gasteiger partial charge in [-0.1, -0.05) is 6.07 Å². The molecule has 0 aliphatic heterocycles. The Kier molecular flexibility index (Phi) is 5.26. The Morgan fingerprint density at radius 1 is 1.26 bits per heavy atom. The van der Waals surface area contributed by atoms with Crippen molar-refractivity contribution < 1.29 is 9.13 Å². The van der Waals surface area contributed by atoms with E-state index in [1.54, 1.807) is 6.07 Å². The van der Waals surface area contributed by atoms with Gasteiger partial charge in [-0.15, -0.1) is 0 Å². The molecule has 0 saturated carbocycles. The minimum Gasteiger partial charge on any atom is -0.494 e. The van der Waals surface area contributed by atoms with Gasteiger partial charge >= 0.3 is 0 Å². The van der Waals surface area contributed by atoms with Gasteiger partial charge in [-0.3, -0.25) is 4.90 Å². The summed E-state index contributed by atoms with van der Waals surface area (Å²) in [7, 11) is 3.45. The fourth-order valence-corrected chi connectivity index (χ4v) is 2.91. The largest absolute Gasteiger partial charge is 0.494 e. The maximum atomic E-state index is 13.8. The fourth-order valence-electron chi connectivity index (χ4n) is 2.46. The molecule has 0 N–H and O–H groups in total. The average molecular weight is 337 g/mol. The van der Waals surface area contributed by atoms with Crippen molar-refractivity contribution >= 4 is 12.2 Å². The number of hydrogen-bond donors (Lipinski definition) is 0. The second-order valence-corrected chi connectivity index (χ2v) is 7.08. The van der Waals surface area contributed by atoms with E-state index < -0.39 is 0 Å². The van der Waals surface area contributed by atoms with E-state index in [9.17, 15) is 4.39 Å². The standard InChI is InChI=1S/C17H24FN3OS/c1-17(2,3)21-9-8-20(16(21)23)12-19(4)11-13-6-7-15(22-5)14(18)10-13/h6-10H,11-12H2,1-5H3. The highest BCUT2D eigenvalue weighted by Gasteiger charge is 2.15. The molecule has 0 amide bonds. The van der Waals surface area contributed by atoms with Crippen LogP contribution in [0.25, 0.3) is 0 Å². The summed E-state index contributed by atoms with van der Waals surface area (Å²) in [5.41, 5.74) is 0.854. The van der Waals surface area contributed by atoms with Crippen molar-refractivity contribution in [1.82, 2.24) is 14.0 Å². The number of hydrogen-bond acceptors (Lipinski definition) is 3. The normalized spacial score (nSPS) is 12.0. The predicted octanol–water partition coefficient (Wildman–Crippen LogP) is 4.01. The number of methoxy groups -OCH3 is 1. The lowest BCUT2D eigenvalue weighted by molar-refractivity contribution is 0.254. The van der Waals surface area contributed by atoms with Crippen molar-refractivity contribution in [2.24, 2.45) is 0 Å². The van der Waals surface area contributed by atoms with Crippen LogP contribution in [0.5, 0.6) is 5.75 Å². The topological polar surface area (TPSA) is 22.3 Å². The lowest BCUT2D eigenvalue weighted by atomic mass is 10.1. The first-order chi connectivity index (χ1) is 10.7. The lowest BCUT2D eigenvalue weighted by Gasteiger charge is -2.22. The zero-order valence-corrected chi connectivity index (χ0v) is 15.2. The monoisotopic (exact) mass is 337 g/mol. The van der Waals surface area contributed by atoms with Crippen LogP contribution in [0.4, 0.5) is 4.39 Å². The number of ether oxygens (including phenoxy) is 1. The van der Waals surface area contributed by atoms with Crippen LogP contribution in [0.15, 0.2) is 30.6 Å². The third kappa shape index (κ3) is 4.20. The van der Waals surface area contributed by atoms with Gasteiger partial charge in [0.25, 0.3) is 0 Å². The highest BCUT2D eigenvalue weighted by atomic mass is 32.1. The summed E-state index contributed by atoms with van der Waals surface area (Å²) in [6, 6.07) is 5.03. The number of halogens is 1. The summed E-state index contributed by atoms with van der Waals surface area (Å²) in [5, 5.41) is 0. The minimum absolute atomic E-state index is 0.0416. The molecule has 4 nitrogen and oxygen atoms in total. The highest BCUT2D eigenvalue weighted by molar-refractivity contribution is 7.71. The van der Waals surface area contributed by atoms with Gasteiger partial charge in [-0.25, -0.2) is 4.39 Å². The molecular weight excluding hydrogens is 313 g/mol. The molecule has 0 bridgehead atoms. The molecule has 1 heterocycles. The number of nitrogens with zero attached hydrogens (tertiary/aromatic N) is 3. The first-order valence-electron chi connectivity index (χ1n) is 7.51. The molecular formula is C17H24FN3OS. The highest BCUT2D eigenvalue weighted by Crippen LogP contribution is 2.19. The summed E-state index contributed by atoms with van der Waals surface area (Å²) in [4.78, 5) is 2.09. The molecule has 0 radical (unpaired) electrons. The van der Waals surface area contributed by atoms with E-state index in [-0.39, 0.29) is 17.1 Å². The van der Waals surface area contributed by atoms with Crippen LogP contribution in [0.1, 0.15) is 26.3 Å². The van der Waals surface area contributed by atoms with Crippen LogP contribution in [0.3, 0.4) is 0 Å². The Labute approximate surface area is 142 Å². The molecule has 0 spiro atoms. The van der Waals surface area contributed by atoms with Gasteiger partial charge in [-0.05, 0) is 57.7 Å². The Morgan fingerprint density at radius 3 is 2.48 bits per heavy atom. The molecule has 0 aliphatic rings. The van der Waals surface area contributed by atoms with Crippen LogP contribution in [-0.4, -0.2) is 28.2 Å². The summed E-state index contributed by atoms with van der Waals surface area (Å²) >= 11 is 5.53. The summed E-state index contributed by atoms with van der Waals surface area (Å²) in [5.74, 6) is -0.0743. The molecule has 1 aromatic carbocycles. The SMILES string of the molecule is COc1ccc(CN(C)Cn2ccn(C(C)(C)C)c2=S)cc1F. The van der Waals surface area contributed by atoms with Crippen LogP contribution in [0, 0.1) is 10.6 Å². The molecule has 23 heavy (non-hydrogen) atoms. The van der Waals surface area contributed by atoms with Crippen LogP contribution in [0.2, 0.25) is 0 Å². The van der Waals surface area contributed by atoms with Crippen LogP contribution in [-0.2, 0) is 18.8 Å². The molecule has 0 saturated heterocycles. The average Bonchev–Trinajstić information content (AvgIpc) is 2.80. The van der Waals surface area contributed by atoms with Crippen molar-refractivity contribution in [3.63, 3.8) is 0 Å². The molecule has 0 aliphatic carbocycles.